The van der Waals surface area contributed by atoms with Gasteiger partial charge in [-0.3, -0.25) is 4.79 Å². The van der Waals surface area contributed by atoms with Gasteiger partial charge >= 0.3 is 0 Å². The number of carbonyl (C=O) groups excluding carboxylic acids is 1. The maximum absolute atomic E-state index is 12.5. The molecule has 4 heteroatoms. The lowest BCUT2D eigenvalue weighted by molar-refractivity contribution is 0.0951. The van der Waals surface area contributed by atoms with Crippen molar-refractivity contribution in [2.45, 2.75) is 20.1 Å². The fourth-order valence-corrected chi connectivity index (χ4v) is 3.22. The molecule has 0 spiro atoms. The highest BCUT2D eigenvalue weighted by Gasteiger charge is 2.16. The van der Waals surface area contributed by atoms with Crippen LogP contribution < -0.4 is 10.1 Å². The second-order valence-electron chi connectivity index (χ2n) is 5.49. The van der Waals surface area contributed by atoms with E-state index in [1.165, 1.54) is 11.3 Å². The van der Waals surface area contributed by atoms with E-state index in [4.69, 9.17) is 4.74 Å². The van der Waals surface area contributed by atoms with Gasteiger partial charge in [0.2, 0.25) is 0 Å². The third kappa shape index (κ3) is 4.24. The Morgan fingerprint density at radius 3 is 2.29 bits per heavy atom. The zero-order valence-electron chi connectivity index (χ0n) is 13.5. The Kier molecular flexibility index (Phi) is 5.29. The van der Waals surface area contributed by atoms with E-state index in [1.807, 2.05) is 73.7 Å². The normalized spacial score (nSPS) is 10.4. The fraction of sp³-hybridized carbons (Fsp3) is 0.150. The van der Waals surface area contributed by atoms with Gasteiger partial charge in [0.25, 0.3) is 5.91 Å². The van der Waals surface area contributed by atoms with Gasteiger partial charge in [-0.25, -0.2) is 0 Å². The lowest BCUT2D eigenvalue weighted by atomic mass is 10.2. The zero-order valence-corrected chi connectivity index (χ0v) is 14.3. The number of ether oxygens (including phenoxy) is 1. The summed E-state index contributed by atoms with van der Waals surface area (Å²) in [5.41, 5.74) is 2.16. The molecule has 3 nitrogen and oxygen atoms in total. The molecule has 3 rings (SSSR count). The maximum atomic E-state index is 12.5. The predicted molar refractivity (Wildman–Crippen MR) is 97.4 cm³/mol. The van der Waals surface area contributed by atoms with Crippen LogP contribution in [0, 0.1) is 6.92 Å². The summed E-state index contributed by atoms with van der Waals surface area (Å²) in [5.74, 6) is 0.548. The number of hydrogen-bond acceptors (Lipinski definition) is 3. The van der Waals surface area contributed by atoms with Crippen molar-refractivity contribution in [2.75, 3.05) is 0 Å². The summed E-state index contributed by atoms with van der Waals surface area (Å²) in [5, 5.41) is 2.96. The molecule has 0 aliphatic rings. The van der Waals surface area contributed by atoms with Crippen LogP contribution in [0.5, 0.6) is 5.75 Å². The number of amides is 1. The summed E-state index contributed by atoms with van der Waals surface area (Å²) in [6.45, 7) is 2.94. The molecule has 1 aromatic heterocycles. The van der Waals surface area contributed by atoms with Crippen LogP contribution >= 0.6 is 11.3 Å². The summed E-state index contributed by atoms with van der Waals surface area (Å²) < 4.78 is 5.87. The van der Waals surface area contributed by atoms with Crippen LogP contribution in [0.4, 0.5) is 0 Å². The number of hydrogen-bond donors (Lipinski definition) is 1. The van der Waals surface area contributed by atoms with Crippen LogP contribution in [0.15, 0.2) is 66.7 Å². The first kappa shape index (κ1) is 16.3. The lowest BCUT2D eigenvalue weighted by Crippen LogP contribution is -2.22. The molecule has 1 heterocycles. The number of benzene rings is 2. The van der Waals surface area contributed by atoms with Crippen molar-refractivity contribution in [3.8, 4) is 5.75 Å². The summed E-state index contributed by atoms with van der Waals surface area (Å²) in [6.07, 6.45) is 0. The lowest BCUT2D eigenvalue weighted by Gasteiger charge is -2.08. The third-order valence-corrected chi connectivity index (χ3v) is 4.59. The van der Waals surface area contributed by atoms with Gasteiger partial charge in [-0.15, -0.1) is 11.3 Å². The van der Waals surface area contributed by atoms with Gasteiger partial charge in [0, 0.05) is 11.4 Å². The van der Waals surface area contributed by atoms with E-state index in [0.29, 0.717) is 23.8 Å². The molecule has 0 aliphatic heterocycles. The molecule has 1 N–H and O–H groups in total. The first-order valence-corrected chi connectivity index (χ1v) is 8.63. The van der Waals surface area contributed by atoms with E-state index >= 15 is 0 Å². The molecule has 24 heavy (non-hydrogen) atoms. The number of nitrogens with one attached hydrogen (secondary N) is 1. The van der Waals surface area contributed by atoms with Gasteiger partial charge in [-0.2, -0.15) is 0 Å². The Morgan fingerprint density at radius 1 is 1.00 bits per heavy atom. The summed E-state index contributed by atoms with van der Waals surface area (Å²) in [7, 11) is 0. The summed E-state index contributed by atoms with van der Waals surface area (Å²) >= 11 is 1.46. The number of aryl methyl sites for hydroxylation is 1. The first-order chi connectivity index (χ1) is 11.7. The molecule has 0 aliphatic carbocycles. The van der Waals surface area contributed by atoms with Crippen LogP contribution in [0.2, 0.25) is 0 Å². The Morgan fingerprint density at radius 2 is 1.62 bits per heavy atom. The molecule has 2 aromatic carbocycles. The Bertz CT molecular complexity index is 797. The second-order valence-corrected chi connectivity index (χ2v) is 6.75. The molecule has 0 saturated heterocycles. The predicted octanol–water partition coefficient (Wildman–Crippen LogP) is 4.57. The largest absolute Gasteiger partial charge is 0.487 e. The van der Waals surface area contributed by atoms with E-state index in [2.05, 4.69) is 5.32 Å². The van der Waals surface area contributed by atoms with Gasteiger partial charge in [0.05, 0.1) is 0 Å². The van der Waals surface area contributed by atoms with Crippen LogP contribution in [0.25, 0.3) is 0 Å². The zero-order chi connectivity index (χ0) is 16.8. The molecule has 0 atom stereocenters. The molecule has 0 radical (unpaired) electrons. The van der Waals surface area contributed by atoms with Gasteiger partial charge in [-0.05, 0) is 24.1 Å². The van der Waals surface area contributed by atoms with Crippen LogP contribution in [0.1, 0.15) is 25.7 Å². The third-order valence-electron chi connectivity index (χ3n) is 3.56. The van der Waals surface area contributed by atoms with E-state index in [0.717, 1.165) is 16.0 Å². The monoisotopic (exact) mass is 337 g/mol. The Labute approximate surface area is 145 Å². The van der Waals surface area contributed by atoms with E-state index < -0.39 is 0 Å². The number of rotatable bonds is 6. The maximum Gasteiger partial charge on any atom is 0.265 e. The van der Waals surface area contributed by atoms with Crippen molar-refractivity contribution in [3.05, 3.63) is 87.6 Å². The first-order valence-electron chi connectivity index (χ1n) is 7.81. The van der Waals surface area contributed by atoms with Gasteiger partial charge in [0.15, 0.2) is 0 Å². The quantitative estimate of drug-likeness (QED) is 0.716. The average Bonchev–Trinajstić information content (AvgIpc) is 3.00. The van der Waals surface area contributed by atoms with Crippen molar-refractivity contribution in [3.63, 3.8) is 0 Å². The van der Waals surface area contributed by atoms with Crippen molar-refractivity contribution >= 4 is 17.2 Å². The van der Waals surface area contributed by atoms with E-state index in [1.54, 1.807) is 0 Å². The van der Waals surface area contributed by atoms with Crippen LogP contribution in [-0.4, -0.2) is 5.91 Å². The summed E-state index contributed by atoms with van der Waals surface area (Å²) in [6, 6.07) is 21.7. The molecule has 0 unspecified atom stereocenters. The molecule has 0 saturated carbocycles. The standard InChI is InChI=1S/C20H19NO2S/c1-15-12-18(23-14-17-10-6-3-7-11-17)19(24-15)20(22)21-13-16-8-4-2-5-9-16/h2-12H,13-14H2,1H3,(H,21,22). The molecule has 0 fully saturated rings. The minimum absolute atomic E-state index is 0.0972. The minimum Gasteiger partial charge on any atom is -0.487 e. The average molecular weight is 337 g/mol. The van der Waals surface area contributed by atoms with Crippen molar-refractivity contribution < 1.29 is 9.53 Å². The Balaban J connectivity index is 1.65. The highest BCUT2D eigenvalue weighted by Crippen LogP contribution is 2.29. The van der Waals surface area contributed by atoms with Crippen molar-refractivity contribution in [1.82, 2.24) is 5.32 Å². The molecule has 122 valence electrons. The highest BCUT2D eigenvalue weighted by atomic mass is 32.1. The number of carbonyl (C=O) groups is 1. The molecule has 0 bridgehead atoms. The topological polar surface area (TPSA) is 38.3 Å². The van der Waals surface area contributed by atoms with Crippen molar-refractivity contribution in [2.24, 2.45) is 0 Å². The molecule has 3 aromatic rings. The van der Waals surface area contributed by atoms with Crippen molar-refractivity contribution in [1.29, 1.82) is 0 Å². The Hall–Kier alpha value is -2.59. The van der Waals surface area contributed by atoms with E-state index in [9.17, 15) is 4.79 Å². The molecule has 1 amide bonds. The van der Waals surface area contributed by atoms with Gasteiger partial charge < -0.3 is 10.1 Å². The minimum atomic E-state index is -0.0972. The molecular formula is C20H19NO2S. The van der Waals surface area contributed by atoms with Crippen LogP contribution in [-0.2, 0) is 13.2 Å². The smallest absolute Gasteiger partial charge is 0.265 e. The second kappa shape index (κ2) is 7.79. The van der Waals surface area contributed by atoms with E-state index in [-0.39, 0.29) is 5.91 Å². The highest BCUT2D eigenvalue weighted by molar-refractivity contribution is 7.14. The fourth-order valence-electron chi connectivity index (χ4n) is 2.35. The SMILES string of the molecule is Cc1cc(OCc2ccccc2)c(C(=O)NCc2ccccc2)s1. The summed E-state index contributed by atoms with van der Waals surface area (Å²) in [4.78, 5) is 14.2. The number of thiophene rings is 1. The molecular weight excluding hydrogens is 318 g/mol. The van der Waals surface area contributed by atoms with Gasteiger partial charge in [-0.1, -0.05) is 60.7 Å². The van der Waals surface area contributed by atoms with Crippen LogP contribution in [0.3, 0.4) is 0 Å². The van der Waals surface area contributed by atoms with Gasteiger partial charge in [0.1, 0.15) is 17.2 Å².